The Morgan fingerprint density at radius 1 is 1.20 bits per heavy atom. The summed E-state index contributed by atoms with van der Waals surface area (Å²) in [5, 5.41) is 19.8. The summed E-state index contributed by atoms with van der Waals surface area (Å²) in [6, 6.07) is 16.2. The molecule has 0 bridgehead atoms. The maximum absolute atomic E-state index is 13.1. The van der Waals surface area contributed by atoms with E-state index in [1.807, 2.05) is 36.4 Å². The molecule has 11 heteroatoms. The van der Waals surface area contributed by atoms with Crippen molar-refractivity contribution in [2.24, 2.45) is 5.10 Å². The normalized spacial score (nSPS) is 13.2. The van der Waals surface area contributed by atoms with Crippen LogP contribution in [-0.2, 0) is 19.4 Å². The van der Waals surface area contributed by atoms with Crippen LogP contribution < -0.4 is 16.1 Å². The van der Waals surface area contributed by atoms with E-state index >= 15 is 0 Å². The number of anilines is 2. The first-order valence-electron chi connectivity index (χ1n) is 11.4. The van der Waals surface area contributed by atoms with Crippen LogP contribution in [0.1, 0.15) is 46.2 Å². The summed E-state index contributed by atoms with van der Waals surface area (Å²) in [7, 11) is 0. The minimum atomic E-state index is -0.493. The Morgan fingerprint density at radius 2 is 2.03 bits per heavy atom. The molecular formula is C24H25N9O2. The highest BCUT2D eigenvalue weighted by Gasteiger charge is 2.27. The van der Waals surface area contributed by atoms with Crippen LogP contribution in [0.5, 0.6) is 0 Å². The van der Waals surface area contributed by atoms with Crippen LogP contribution in [0.4, 0.5) is 11.5 Å². The molecule has 0 aliphatic carbocycles. The van der Waals surface area contributed by atoms with Crippen LogP contribution in [-0.4, -0.2) is 44.0 Å². The Bertz CT molecular complexity index is 1360. The quantitative estimate of drug-likeness (QED) is 0.309. The minimum Gasteiger partial charge on any atom is -0.378 e. The summed E-state index contributed by atoms with van der Waals surface area (Å²) in [5.41, 5.74) is 13.5. The summed E-state index contributed by atoms with van der Waals surface area (Å²) in [4.78, 5) is 15.2. The summed E-state index contributed by atoms with van der Waals surface area (Å²) in [6.07, 6.45) is 4.54. The van der Waals surface area contributed by atoms with Crippen LogP contribution in [0.15, 0.2) is 58.3 Å². The average molecular weight is 472 g/mol. The van der Waals surface area contributed by atoms with Crippen molar-refractivity contribution < 1.29 is 9.42 Å². The monoisotopic (exact) mass is 471 g/mol. The van der Waals surface area contributed by atoms with Crippen molar-refractivity contribution in [1.29, 1.82) is 0 Å². The third kappa shape index (κ3) is 4.60. The van der Waals surface area contributed by atoms with E-state index in [0.717, 1.165) is 37.1 Å². The smallest absolute Gasteiger partial charge is 0.293 e. The van der Waals surface area contributed by atoms with E-state index in [2.05, 4.69) is 55.1 Å². The zero-order valence-electron chi connectivity index (χ0n) is 19.3. The number of aromatic nitrogens is 5. The predicted octanol–water partition coefficient (Wildman–Crippen LogP) is 2.51. The van der Waals surface area contributed by atoms with Gasteiger partial charge >= 0.3 is 0 Å². The van der Waals surface area contributed by atoms with Crippen LogP contribution >= 0.6 is 0 Å². The fourth-order valence-corrected chi connectivity index (χ4v) is 4.14. The Labute approximate surface area is 201 Å². The number of amides is 1. The number of carbonyl (C=O) groups excluding carboxylic acids is 1. The fourth-order valence-electron chi connectivity index (χ4n) is 4.14. The first-order chi connectivity index (χ1) is 17.1. The molecule has 0 saturated carbocycles. The third-order valence-electron chi connectivity index (χ3n) is 5.99. The summed E-state index contributed by atoms with van der Waals surface area (Å²) >= 11 is 0. The lowest BCUT2D eigenvalue weighted by Crippen LogP contribution is -2.31. The molecule has 1 amide bonds. The van der Waals surface area contributed by atoms with Gasteiger partial charge in [0.05, 0.1) is 18.5 Å². The molecule has 0 atom stereocenters. The van der Waals surface area contributed by atoms with Gasteiger partial charge in [0, 0.05) is 12.2 Å². The number of hydrazone groups is 1. The predicted molar refractivity (Wildman–Crippen MR) is 130 cm³/mol. The number of nitrogen functional groups attached to an aromatic ring is 1. The van der Waals surface area contributed by atoms with E-state index in [4.69, 9.17) is 10.4 Å². The van der Waals surface area contributed by atoms with Crippen molar-refractivity contribution in [3.05, 3.63) is 76.6 Å². The third-order valence-corrected chi connectivity index (χ3v) is 5.99. The molecule has 178 valence electrons. The molecule has 11 nitrogen and oxygen atoms in total. The number of nitrogens with zero attached hydrogens (tertiary/aromatic N) is 7. The van der Waals surface area contributed by atoms with Crippen molar-refractivity contribution in [1.82, 2.24) is 30.7 Å². The SMILES string of the molecule is CCc1ccc(/C=N/NC(=O)c2nnn(-c3nonc3N)c2CN2CCCc3ccccc32)cc1. The topological polar surface area (TPSA) is 140 Å². The first-order valence-corrected chi connectivity index (χ1v) is 11.4. The minimum absolute atomic E-state index is 0.0516. The second-order valence-corrected chi connectivity index (χ2v) is 8.22. The number of nitrogens with one attached hydrogen (secondary N) is 1. The number of rotatable bonds is 7. The highest BCUT2D eigenvalue weighted by molar-refractivity contribution is 5.94. The largest absolute Gasteiger partial charge is 0.378 e. The van der Waals surface area contributed by atoms with E-state index in [-0.39, 0.29) is 17.3 Å². The van der Waals surface area contributed by atoms with Gasteiger partial charge in [0.1, 0.15) is 0 Å². The summed E-state index contributed by atoms with van der Waals surface area (Å²) < 4.78 is 6.14. The van der Waals surface area contributed by atoms with E-state index in [0.29, 0.717) is 12.2 Å². The molecule has 1 aliphatic heterocycles. The highest BCUT2D eigenvalue weighted by atomic mass is 16.6. The standard InChI is InChI=1S/C24H25N9O2/c1-2-16-9-11-17(12-10-16)14-26-28-24(34)21-20(33(31-27-21)23-22(25)29-35-30-23)15-32-13-5-7-18-6-3-4-8-19(18)32/h3-4,6,8-12,14H,2,5,7,13,15H2,1H3,(H2,25,29)(H,28,34)/b26-14+. The molecule has 0 unspecified atom stereocenters. The molecule has 4 aromatic rings. The molecule has 0 radical (unpaired) electrons. The number of fused-ring (bicyclic) bond motifs is 1. The lowest BCUT2D eigenvalue weighted by Gasteiger charge is -2.31. The molecule has 1 aliphatic rings. The Balaban J connectivity index is 1.42. The molecule has 2 aromatic carbocycles. The van der Waals surface area contributed by atoms with Crippen molar-refractivity contribution in [2.45, 2.75) is 32.7 Å². The Hall–Kier alpha value is -4.54. The summed E-state index contributed by atoms with van der Waals surface area (Å²) in [5.74, 6) is -0.264. The Morgan fingerprint density at radius 3 is 2.80 bits per heavy atom. The van der Waals surface area contributed by atoms with Crippen LogP contribution in [0, 0.1) is 0 Å². The highest BCUT2D eigenvalue weighted by Crippen LogP contribution is 2.29. The van der Waals surface area contributed by atoms with E-state index in [1.54, 1.807) is 6.21 Å². The number of carbonyl (C=O) groups is 1. The molecule has 3 heterocycles. The number of nitrogens with two attached hydrogens (primary N) is 1. The van der Waals surface area contributed by atoms with Gasteiger partial charge in [0.25, 0.3) is 5.91 Å². The second-order valence-electron chi connectivity index (χ2n) is 8.22. The van der Waals surface area contributed by atoms with E-state index < -0.39 is 5.91 Å². The number of benzene rings is 2. The van der Waals surface area contributed by atoms with Gasteiger partial charge in [-0.05, 0) is 52.3 Å². The lowest BCUT2D eigenvalue weighted by molar-refractivity contribution is 0.0949. The van der Waals surface area contributed by atoms with Gasteiger partial charge in [0.2, 0.25) is 11.6 Å². The second kappa shape index (κ2) is 9.75. The number of hydrogen-bond acceptors (Lipinski definition) is 9. The van der Waals surface area contributed by atoms with Gasteiger partial charge < -0.3 is 10.6 Å². The van der Waals surface area contributed by atoms with Gasteiger partial charge in [-0.3, -0.25) is 4.79 Å². The molecule has 3 N–H and O–H groups in total. The van der Waals surface area contributed by atoms with Crippen LogP contribution in [0.3, 0.4) is 0 Å². The summed E-state index contributed by atoms with van der Waals surface area (Å²) in [6.45, 7) is 3.28. The van der Waals surface area contributed by atoms with Gasteiger partial charge in [-0.25, -0.2) is 10.1 Å². The van der Waals surface area contributed by atoms with Gasteiger partial charge in [0.15, 0.2) is 5.69 Å². The molecule has 0 saturated heterocycles. The first kappa shape index (κ1) is 22.3. The maximum Gasteiger partial charge on any atom is 0.293 e. The molecule has 35 heavy (non-hydrogen) atoms. The zero-order valence-corrected chi connectivity index (χ0v) is 19.3. The molecule has 5 rings (SSSR count). The average Bonchev–Trinajstić information content (AvgIpc) is 3.50. The number of para-hydroxylation sites is 1. The molecular weight excluding hydrogens is 446 g/mol. The van der Waals surface area contributed by atoms with Crippen molar-refractivity contribution in [2.75, 3.05) is 17.2 Å². The molecule has 2 aromatic heterocycles. The Kier molecular flexibility index (Phi) is 6.20. The number of hydrogen-bond donors (Lipinski definition) is 2. The molecule has 0 spiro atoms. The molecule has 0 fully saturated rings. The lowest BCUT2D eigenvalue weighted by atomic mass is 10.0. The number of aryl methyl sites for hydroxylation is 2. The van der Waals surface area contributed by atoms with E-state index in [9.17, 15) is 4.79 Å². The van der Waals surface area contributed by atoms with Crippen molar-refractivity contribution in [3.8, 4) is 5.82 Å². The zero-order chi connectivity index (χ0) is 24.2. The van der Waals surface area contributed by atoms with Crippen molar-refractivity contribution in [3.63, 3.8) is 0 Å². The van der Waals surface area contributed by atoms with Gasteiger partial charge in [-0.2, -0.15) is 9.78 Å². The van der Waals surface area contributed by atoms with Crippen LogP contribution in [0.25, 0.3) is 5.82 Å². The van der Waals surface area contributed by atoms with Crippen molar-refractivity contribution >= 4 is 23.6 Å². The van der Waals surface area contributed by atoms with Crippen LogP contribution in [0.2, 0.25) is 0 Å². The van der Waals surface area contributed by atoms with E-state index in [1.165, 1.54) is 15.8 Å². The maximum atomic E-state index is 13.1. The van der Waals surface area contributed by atoms with Gasteiger partial charge in [-0.1, -0.05) is 54.6 Å². The van der Waals surface area contributed by atoms with Gasteiger partial charge in [-0.15, -0.1) is 5.10 Å². The fraction of sp³-hybridized carbons (Fsp3) is 0.250.